The molecule has 0 aliphatic carbocycles. The van der Waals surface area contributed by atoms with Gasteiger partial charge in [0.2, 0.25) is 0 Å². The number of halogens is 2. The van der Waals surface area contributed by atoms with E-state index in [0.717, 1.165) is 37.2 Å². The molecule has 0 amide bonds. The molecule has 1 saturated heterocycles. The number of hydrazone groups is 1. The van der Waals surface area contributed by atoms with Crippen LogP contribution in [0.25, 0.3) is 0 Å². The Morgan fingerprint density at radius 3 is 2.58 bits per heavy atom. The van der Waals surface area contributed by atoms with Gasteiger partial charge >= 0.3 is 0 Å². The summed E-state index contributed by atoms with van der Waals surface area (Å²) in [4.78, 5) is 1.59. The minimum Gasteiger partial charge on any atom is -0.506 e. The van der Waals surface area contributed by atoms with Crippen LogP contribution in [-0.2, 0) is 6.54 Å². The van der Waals surface area contributed by atoms with Crippen LogP contribution in [0.2, 0.25) is 0 Å². The monoisotopic (exact) mass is 480 g/mol. The number of aromatic hydroxyl groups is 1. The summed E-state index contributed by atoms with van der Waals surface area (Å²) >= 11 is 6.80. The maximum atomic E-state index is 10.1. The Kier molecular flexibility index (Phi) is 6.37. The highest BCUT2D eigenvalue weighted by Gasteiger charge is 2.19. The highest BCUT2D eigenvalue weighted by Crippen LogP contribution is 2.30. The minimum absolute atomic E-state index is 0.219. The molecular formula is C20H24Br2N3O+. The normalized spacial score (nSPS) is 15.8. The summed E-state index contributed by atoms with van der Waals surface area (Å²) < 4.78 is 1.57. The molecule has 2 aromatic carbocycles. The third-order valence-electron chi connectivity index (χ3n) is 4.80. The fourth-order valence-electron chi connectivity index (χ4n) is 3.25. The molecule has 1 fully saturated rings. The molecule has 0 unspecified atom stereocenters. The summed E-state index contributed by atoms with van der Waals surface area (Å²) in [6.07, 6.45) is 1.74. The average molecular weight is 482 g/mol. The van der Waals surface area contributed by atoms with Gasteiger partial charge < -0.3 is 10.0 Å². The number of hydrogen-bond acceptors (Lipinski definition) is 3. The number of aryl methyl sites for hydroxylation is 2. The number of nitrogens with zero attached hydrogens (tertiary/aromatic N) is 2. The molecule has 2 N–H and O–H groups in total. The van der Waals surface area contributed by atoms with E-state index >= 15 is 0 Å². The first-order valence-corrected chi connectivity index (χ1v) is 10.4. The SMILES string of the molecule is Cc1ccc(C[NH+]2CCN(/N=C/c3cc(Br)cc(Br)c3O)CC2)c(C)c1. The molecule has 0 aromatic heterocycles. The lowest BCUT2D eigenvalue weighted by molar-refractivity contribution is -0.918. The second-order valence-electron chi connectivity index (χ2n) is 6.88. The van der Waals surface area contributed by atoms with Crippen LogP contribution >= 0.6 is 31.9 Å². The van der Waals surface area contributed by atoms with Gasteiger partial charge in [-0.15, -0.1) is 0 Å². The maximum Gasteiger partial charge on any atom is 0.138 e. The van der Waals surface area contributed by atoms with E-state index in [-0.39, 0.29) is 5.75 Å². The zero-order valence-electron chi connectivity index (χ0n) is 15.1. The molecule has 6 heteroatoms. The highest BCUT2D eigenvalue weighted by atomic mass is 79.9. The van der Waals surface area contributed by atoms with E-state index in [2.05, 4.69) is 74.0 Å². The summed E-state index contributed by atoms with van der Waals surface area (Å²) in [5, 5.41) is 16.8. The van der Waals surface area contributed by atoms with Crippen LogP contribution < -0.4 is 4.90 Å². The van der Waals surface area contributed by atoms with E-state index in [1.807, 2.05) is 12.1 Å². The molecule has 0 radical (unpaired) electrons. The second-order valence-corrected chi connectivity index (χ2v) is 8.65. The van der Waals surface area contributed by atoms with Gasteiger partial charge in [-0.2, -0.15) is 5.10 Å². The van der Waals surface area contributed by atoms with Crippen molar-refractivity contribution in [3.8, 4) is 5.75 Å². The zero-order valence-corrected chi connectivity index (χ0v) is 18.3. The molecule has 0 bridgehead atoms. The van der Waals surface area contributed by atoms with Gasteiger partial charge in [0.25, 0.3) is 0 Å². The quantitative estimate of drug-likeness (QED) is 0.658. The summed E-state index contributed by atoms with van der Waals surface area (Å²) in [6.45, 7) is 9.40. The van der Waals surface area contributed by atoms with Crippen molar-refractivity contribution >= 4 is 38.1 Å². The van der Waals surface area contributed by atoms with Crippen molar-refractivity contribution in [1.82, 2.24) is 5.01 Å². The lowest BCUT2D eigenvalue weighted by Gasteiger charge is -2.30. The Bertz CT molecular complexity index is 815. The topological polar surface area (TPSA) is 40.3 Å². The van der Waals surface area contributed by atoms with Gasteiger partial charge in [-0.05, 0) is 47.5 Å². The van der Waals surface area contributed by atoms with Gasteiger partial charge in [0, 0.05) is 15.6 Å². The van der Waals surface area contributed by atoms with Crippen molar-refractivity contribution in [2.24, 2.45) is 5.10 Å². The number of phenolic OH excluding ortho intramolecular Hbond substituents is 1. The minimum atomic E-state index is 0.219. The Balaban J connectivity index is 1.57. The van der Waals surface area contributed by atoms with Crippen molar-refractivity contribution in [1.29, 1.82) is 0 Å². The fourth-order valence-corrected chi connectivity index (χ4v) is 4.50. The van der Waals surface area contributed by atoms with Gasteiger partial charge in [0.1, 0.15) is 12.3 Å². The number of phenols is 1. The maximum absolute atomic E-state index is 10.1. The molecule has 26 heavy (non-hydrogen) atoms. The summed E-state index contributed by atoms with van der Waals surface area (Å²) in [6, 6.07) is 10.4. The Morgan fingerprint density at radius 2 is 1.88 bits per heavy atom. The molecule has 0 atom stereocenters. The van der Waals surface area contributed by atoms with Crippen molar-refractivity contribution in [3.05, 3.63) is 61.5 Å². The Morgan fingerprint density at radius 1 is 1.15 bits per heavy atom. The molecule has 138 valence electrons. The summed E-state index contributed by atoms with van der Waals surface area (Å²) in [7, 11) is 0. The first-order valence-electron chi connectivity index (χ1n) is 8.79. The lowest BCUT2D eigenvalue weighted by Crippen LogP contribution is -3.13. The van der Waals surface area contributed by atoms with E-state index in [1.165, 1.54) is 16.7 Å². The van der Waals surface area contributed by atoms with Crippen molar-refractivity contribution in [2.75, 3.05) is 26.2 Å². The highest BCUT2D eigenvalue weighted by molar-refractivity contribution is 9.11. The molecule has 0 spiro atoms. The third kappa shape index (κ3) is 4.87. The van der Waals surface area contributed by atoms with Gasteiger partial charge in [-0.25, -0.2) is 0 Å². The molecule has 3 rings (SSSR count). The van der Waals surface area contributed by atoms with Crippen LogP contribution in [0.1, 0.15) is 22.3 Å². The van der Waals surface area contributed by atoms with Crippen LogP contribution in [-0.4, -0.2) is 42.5 Å². The molecule has 1 aliphatic rings. The largest absolute Gasteiger partial charge is 0.506 e. The molecule has 1 aliphatic heterocycles. The standard InChI is InChI=1S/C20H23Br2N3O/c1-14-3-4-16(15(2)9-14)13-24-5-7-25(8-6-24)23-12-17-10-18(21)11-19(22)20(17)26/h3-4,9-12,26H,5-8,13H2,1-2H3/p+1/b23-12+. The average Bonchev–Trinajstić information content (AvgIpc) is 2.60. The predicted molar refractivity (Wildman–Crippen MR) is 113 cm³/mol. The van der Waals surface area contributed by atoms with E-state index < -0.39 is 0 Å². The third-order valence-corrected chi connectivity index (χ3v) is 5.87. The smallest absolute Gasteiger partial charge is 0.138 e. The Hall–Kier alpha value is -1.37. The van der Waals surface area contributed by atoms with Crippen LogP contribution in [0.5, 0.6) is 5.75 Å². The van der Waals surface area contributed by atoms with Crippen LogP contribution in [0, 0.1) is 13.8 Å². The molecule has 0 saturated carbocycles. The molecular weight excluding hydrogens is 458 g/mol. The van der Waals surface area contributed by atoms with Gasteiger partial charge in [-0.1, -0.05) is 39.7 Å². The number of rotatable bonds is 4. The van der Waals surface area contributed by atoms with Crippen LogP contribution in [0.15, 0.2) is 44.4 Å². The lowest BCUT2D eigenvalue weighted by atomic mass is 10.1. The number of quaternary nitrogens is 1. The van der Waals surface area contributed by atoms with E-state index in [1.54, 1.807) is 11.1 Å². The van der Waals surface area contributed by atoms with Gasteiger partial charge in [-0.3, -0.25) is 5.01 Å². The number of hydrogen-bond donors (Lipinski definition) is 2. The molecule has 4 nitrogen and oxygen atoms in total. The summed E-state index contributed by atoms with van der Waals surface area (Å²) in [5.41, 5.74) is 4.85. The number of nitrogens with one attached hydrogen (secondary N) is 1. The number of benzene rings is 2. The van der Waals surface area contributed by atoms with E-state index in [4.69, 9.17) is 0 Å². The van der Waals surface area contributed by atoms with Crippen molar-refractivity contribution in [3.63, 3.8) is 0 Å². The van der Waals surface area contributed by atoms with E-state index in [9.17, 15) is 5.11 Å². The first kappa shape index (κ1) is 19.4. The zero-order chi connectivity index (χ0) is 18.7. The molecule has 1 heterocycles. The second kappa shape index (κ2) is 8.55. The first-order chi connectivity index (χ1) is 12.4. The Labute approximate surface area is 171 Å². The molecule has 2 aromatic rings. The van der Waals surface area contributed by atoms with Crippen LogP contribution in [0.3, 0.4) is 0 Å². The van der Waals surface area contributed by atoms with Gasteiger partial charge in [0.15, 0.2) is 0 Å². The van der Waals surface area contributed by atoms with Crippen molar-refractivity contribution < 1.29 is 10.0 Å². The van der Waals surface area contributed by atoms with Crippen LogP contribution in [0.4, 0.5) is 0 Å². The van der Waals surface area contributed by atoms with E-state index in [0.29, 0.717) is 10.0 Å². The summed E-state index contributed by atoms with van der Waals surface area (Å²) in [5.74, 6) is 0.219. The fraction of sp³-hybridized carbons (Fsp3) is 0.350. The van der Waals surface area contributed by atoms with Gasteiger partial charge in [0.05, 0.1) is 36.9 Å². The van der Waals surface area contributed by atoms with Crippen molar-refractivity contribution in [2.45, 2.75) is 20.4 Å². The number of piperazine rings is 1. The predicted octanol–water partition coefficient (Wildman–Crippen LogP) is 3.27.